The Morgan fingerprint density at radius 3 is 2.92 bits per heavy atom. The van der Waals surface area contributed by atoms with E-state index in [2.05, 4.69) is 37.3 Å². The summed E-state index contributed by atoms with van der Waals surface area (Å²) in [5, 5.41) is 18.6. The van der Waals surface area contributed by atoms with Crippen molar-refractivity contribution in [2.45, 2.75) is 45.1 Å². The van der Waals surface area contributed by atoms with Crippen LogP contribution in [0.2, 0.25) is 5.15 Å². The third kappa shape index (κ3) is 4.22. The van der Waals surface area contributed by atoms with Crippen molar-refractivity contribution >= 4 is 28.3 Å². The zero-order chi connectivity index (χ0) is 17.8. The molecule has 1 aliphatic carbocycles. The highest BCUT2D eigenvalue weighted by molar-refractivity contribution is 6.30. The van der Waals surface area contributed by atoms with E-state index < -0.39 is 5.83 Å². The van der Waals surface area contributed by atoms with Gasteiger partial charge in [-0.1, -0.05) is 37.4 Å². The largest absolute Gasteiger partial charge is 0.380 e. The first-order chi connectivity index (χ1) is 12.0. The van der Waals surface area contributed by atoms with Crippen molar-refractivity contribution in [3.63, 3.8) is 0 Å². The van der Waals surface area contributed by atoms with E-state index in [0.717, 1.165) is 19.0 Å². The molecule has 25 heavy (non-hydrogen) atoms. The van der Waals surface area contributed by atoms with Gasteiger partial charge in [0.2, 0.25) is 0 Å². The molecule has 132 valence electrons. The summed E-state index contributed by atoms with van der Waals surface area (Å²) in [6.07, 6.45) is 6.85. The number of halogens is 2. The maximum Gasteiger partial charge on any atom is 0.178 e. The maximum absolute atomic E-state index is 14.3. The molecule has 6 nitrogen and oxygen atoms in total. The molecular weight excluding hydrogens is 343 g/mol. The third-order valence-corrected chi connectivity index (χ3v) is 4.46. The Hall–Kier alpha value is -2.28. The van der Waals surface area contributed by atoms with Crippen molar-refractivity contribution in [2.24, 2.45) is 4.99 Å². The normalized spacial score (nSPS) is 17.1. The lowest BCUT2D eigenvalue weighted by atomic mass is 9.95. The summed E-state index contributed by atoms with van der Waals surface area (Å²) < 4.78 is 14.3. The molecule has 0 aliphatic heterocycles. The van der Waals surface area contributed by atoms with Gasteiger partial charge in [-0.2, -0.15) is 5.10 Å². The standard InChI is InChI=1S/C17H20ClFN6/c1-10(21-12-6-4-3-5-7-12)14(19)9-20-11(2)16-13-8-15(18)22-24-17(13)25-23-16/h8-9,12,21H,1,3-7H2,2H3,(H,23,24,25)/b14-9+,20-11+. The van der Waals surface area contributed by atoms with Gasteiger partial charge in [-0.15, -0.1) is 10.2 Å². The molecule has 0 radical (unpaired) electrons. The summed E-state index contributed by atoms with van der Waals surface area (Å²) in [5.74, 6) is -0.484. The lowest BCUT2D eigenvalue weighted by molar-refractivity contribution is 0.393. The van der Waals surface area contributed by atoms with Crippen LogP contribution in [0, 0.1) is 0 Å². The topological polar surface area (TPSA) is 78.9 Å². The van der Waals surface area contributed by atoms with Crippen LogP contribution >= 0.6 is 11.6 Å². The molecule has 3 rings (SSSR count). The van der Waals surface area contributed by atoms with E-state index in [1.807, 2.05) is 0 Å². The minimum absolute atomic E-state index is 0.259. The molecule has 2 N–H and O–H groups in total. The SMILES string of the molecule is C=C(NC1CCCCC1)/C(F)=C\N=C(/C)c1n[nH]c2nnc(Cl)cc12. The van der Waals surface area contributed by atoms with Crippen LogP contribution in [0.15, 0.2) is 35.4 Å². The molecule has 8 heteroatoms. The van der Waals surface area contributed by atoms with E-state index in [4.69, 9.17) is 11.6 Å². The fraction of sp³-hybridized carbons (Fsp3) is 0.412. The van der Waals surface area contributed by atoms with Gasteiger partial charge in [-0.3, -0.25) is 10.1 Å². The number of rotatable bonds is 5. The van der Waals surface area contributed by atoms with E-state index in [0.29, 0.717) is 28.5 Å². The fourth-order valence-corrected chi connectivity index (χ4v) is 3.08. The number of hydrogen-bond acceptors (Lipinski definition) is 5. The molecule has 2 aromatic heterocycles. The van der Waals surface area contributed by atoms with Crippen LogP contribution in [-0.4, -0.2) is 32.1 Å². The summed E-state index contributed by atoms with van der Waals surface area (Å²) in [6.45, 7) is 5.51. The number of aromatic amines is 1. The highest BCUT2D eigenvalue weighted by Gasteiger charge is 2.15. The van der Waals surface area contributed by atoms with Crippen LogP contribution in [-0.2, 0) is 0 Å². The zero-order valence-electron chi connectivity index (χ0n) is 14.0. The molecule has 1 fully saturated rings. The molecule has 0 aromatic carbocycles. The zero-order valence-corrected chi connectivity index (χ0v) is 14.8. The molecule has 2 heterocycles. The highest BCUT2D eigenvalue weighted by Crippen LogP contribution is 2.20. The quantitative estimate of drug-likeness (QED) is 0.621. The molecule has 0 unspecified atom stereocenters. The Morgan fingerprint density at radius 1 is 1.40 bits per heavy atom. The molecule has 0 saturated heterocycles. The summed E-state index contributed by atoms with van der Waals surface area (Å²) >= 11 is 5.87. The Labute approximate surface area is 150 Å². The molecule has 2 aromatic rings. The van der Waals surface area contributed by atoms with E-state index in [1.54, 1.807) is 13.0 Å². The number of hydrogen-bond donors (Lipinski definition) is 2. The average Bonchev–Trinajstić information content (AvgIpc) is 3.03. The van der Waals surface area contributed by atoms with Gasteiger partial charge in [0.15, 0.2) is 16.6 Å². The first-order valence-electron chi connectivity index (χ1n) is 8.28. The first kappa shape index (κ1) is 17.5. The van der Waals surface area contributed by atoms with E-state index in [-0.39, 0.29) is 10.9 Å². The van der Waals surface area contributed by atoms with Crippen molar-refractivity contribution in [3.8, 4) is 0 Å². The van der Waals surface area contributed by atoms with Gasteiger partial charge in [-0.25, -0.2) is 4.39 Å². The predicted molar refractivity (Wildman–Crippen MR) is 97.2 cm³/mol. The summed E-state index contributed by atoms with van der Waals surface area (Å²) in [5.41, 5.74) is 1.86. The molecule has 0 amide bonds. The lowest BCUT2D eigenvalue weighted by Gasteiger charge is -2.24. The lowest BCUT2D eigenvalue weighted by Crippen LogP contribution is -2.30. The van der Waals surface area contributed by atoms with E-state index >= 15 is 0 Å². The molecule has 0 spiro atoms. The van der Waals surface area contributed by atoms with Gasteiger partial charge >= 0.3 is 0 Å². The van der Waals surface area contributed by atoms with Gasteiger partial charge < -0.3 is 5.32 Å². The Morgan fingerprint density at radius 2 is 2.16 bits per heavy atom. The monoisotopic (exact) mass is 362 g/mol. The summed E-state index contributed by atoms with van der Waals surface area (Å²) in [4.78, 5) is 4.17. The van der Waals surface area contributed by atoms with E-state index in [9.17, 15) is 4.39 Å². The minimum atomic E-state index is -0.484. The van der Waals surface area contributed by atoms with Gasteiger partial charge in [0.05, 0.1) is 23.0 Å². The van der Waals surface area contributed by atoms with Crippen LogP contribution < -0.4 is 5.32 Å². The van der Waals surface area contributed by atoms with Crippen molar-refractivity contribution < 1.29 is 4.39 Å². The van der Waals surface area contributed by atoms with Crippen molar-refractivity contribution in [2.75, 3.05) is 0 Å². The van der Waals surface area contributed by atoms with Crippen LogP contribution in [0.3, 0.4) is 0 Å². The number of fused-ring (bicyclic) bond motifs is 1. The Kier molecular flexibility index (Phi) is 5.43. The second-order valence-electron chi connectivity index (χ2n) is 6.15. The van der Waals surface area contributed by atoms with Gasteiger partial charge in [0.1, 0.15) is 5.69 Å². The first-order valence-corrected chi connectivity index (χ1v) is 8.66. The van der Waals surface area contributed by atoms with Crippen molar-refractivity contribution in [1.29, 1.82) is 0 Å². The molecule has 1 aliphatic rings. The third-order valence-electron chi connectivity index (χ3n) is 4.28. The smallest absolute Gasteiger partial charge is 0.178 e. The number of allylic oxidation sites excluding steroid dienone is 1. The van der Waals surface area contributed by atoms with Gasteiger partial charge in [0, 0.05) is 6.04 Å². The number of aliphatic imine (C=N–C) groups is 1. The second kappa shape index (κ2) is 7.74. The van der Waals surface area contributed by atoms with Crippen LogP contribution in [0.25, 0.3) is 11.0 Å². The van der Waals surface area contributed by atoms with Gasteiger partial charge in [-0.05, 0) is 25.8 Å². The van der Waals surface area contributed by atoms with Crippen molar-refractivity contribution in [3.05, 3.63) is 41.2 Å². The van der Waals surface area contributed by atoms with Crippen LogP contribution in [0.1, 0.15) is 44.7 Å². The number of nitrogens with one attached hydrogen (secondary N) is 2. The summed E-state index contributed by atoms with van der Waals surface area (Å²) in [6, 6.07) is 1.94. The predicted octanol–water partition coefficient (Wildman–Crippen LogP) is 4.06. The molecular formula is C17H20ClFN6. The minimum Gasteiger partial charge on any atom is -0.380 e. The molecule has 1 saturated carbocycles. The highest BCUT2D eigenvalue weighted by atomic mass is 35.5. The van der Waals surface area contributed by atoms with Crippen LogP contribution in [0.4, 0.5) is 4.39 Å². The Bertz CT molecular complexity index is 835. The number of aromatic nitrogens is 4. The average molecular weight is 363 g/mol. The van der Waals surface area contributed by atoms with Crippen molar-refractivity contribution in [1.82, 2.24) is 25.7 Å². The number of nitrogens with zero attached hydrogens (tertiary/aromatic N) is 4. The van der Waals surface area contributed by atoms with Crippen LogP contribution in [0.5, 0.6) is 0 Å². The van der Waals surface area contributed by atoms with E-state index in [1.165, 1.54) is 19.3 Å². The molecule has 0 atom stereocenters. The number of H-pyrrole nitrogens is 1. The van der Waals surface area contributed by atoms with Gasteiger partial charge in [0.25, 0.3) is 0 Å². The summed E-state index contributed by atoms with van der Waals surface area (Å²) in [7, 11) is 0. The Balaban J connectivity index is 1.73. The second-order valence-corrected chi connectivity index (χ2v) is 6.54. The molecule has 0 bridgehead atoms. The maximum atomic E-state index is 14.3. The fourth-order valence-electron chi connectivity index (χ4n) is 2.93.